The van der Waals surface area contributed by atoms with Gasteiger partial charge in [-0.05, 0) is 31.0 Å². The molecular formula is C15H23N3O2. The fraction of sp³-hybridized carbons (Fsp3) is 0.533. The molecule has 1 aromatic carbocycles. The molecule has 5 heteroatoms. The zero-order valence-corrected chi connectivity index (χ0v) is 12.3. The minimum atomic E-state index is -0.213. The summed E-state index contributed by atoms with van der Waals surface area (Å²) in [7, 11) is 0. The number of hydrogen-bond donors (Lipinski definition) is 1. The molecule has 0 radical (unpaired) electrons. The number of piperazine rings is 1. The monoisotopic (exact) mass is 277 g/mol. The van der Waals surface area contributed by atoms with Gasteiger partial charge in [-0.2, -0.15) is 0 Å². The van der Waals surface area contributed by atoms with E-state index in [1.165, 1.54) is 11.3 Å². The first kappa shape index (κ1) is 14.7. The highest BCUT2D eigenvalue weighted by molar-refractivity contribution is 5.68. The second kappa shape index (κ2) is 6.61. The first-order valence-electron chi connectivity index (χ1n) is 7.12. The highest BCUT2D eigenvalue weighted by Gasteiger charge is 2.23. The van der Waals surface area contributed by atoms with Crippen LogP contribution in [-0.2, 0) is 11.3 Å². The van der Waals surface area contributed by atoms with Crippen molar-refractivity contribution in [2.45, 2.75) is 20.4 Å². The lowest BCUT2D eigenvalue weighted by atomic mass is 10.1. The average Bonchev–Trinajstić information content (AvgIpc) is 2.47. The second-order valence-electron chi connectivity index (χ2n) is 5.01. The summed E-state index contributed by atoms with van der Waals surface area (Å²) in [4.78, 5) is 15.7. The molecular weight excluding hydrogens is 254 g/mol. The van der Waals surface area contributed by atoms with Crippen molar-refractivity contribution in [2.24, 2.45) is 5.73 Å². The maximum Gasteiger partial charge on any atom is 0.409 e. The smallest absolute Gasteiger partial charge is 0.409 e. The Morgan fingerprint density at radius 1 is 1.30 bits per heavy atom. The summed E-state index contributed by atoms with van der Waals surface area (Å²) in [5.74, 6) is 0. The molecule has 0 atom stereocenters. The molecule has 1 fully saturated rings. The molecule has 0 unspecified atom stereocenters. The third kappa shape index (κ3) is 3.22. The van der Waals surface area contributed by atoms with Gasteiger partial charge in [0, 0.05) is 38.4 Å². The lowest BCUT2D eigenvalue weighted by Crippen LogP contribution is -2.49. The predicted octanol–water partition coefficient (Wildman–Crippen LogP) is 1.73. The van der Waals surface area contributed by atoms with Crippen molar-refractivity contribution in [2.75, 3.05) is 37.7 Å². The van der Waals surface area contributed by atoms with Crippen molar-refractivity contribution < 1.29 is 9.53 Å². The van der Waals surface area contributed by atoms with Crippen LogP contribution in [0.1, 0.15) is 18.1 Å². The third-order valence-corrected chi connectivity index (χ3v) is 3.61. The maximum atomic E-state index is 11.7. The van der Waals surface area contributed by atoms with E-state index in [0.717, 1.165) is 18.7 Å². The summed E-state index contributed by atoms with van der Waals surface area (Å²) in [5.41, 5.74) is 9.38. The molecule has 0 saturated carbocycles. The molecule has 0 aromatic heterocycles. The van der Waals surface area contributed by atoms with Crippen LogP contribution in [0.4, 0.5) is 10.5 Å². The average molecular weight is 277 g/mol. The zero-order chi connectivity index (χ0) is 14.5. The second-order valence-corrected chi connectivity index (χ2v) is 5.01. The molecule has 1 aliphatic heterocycles. The number of ether oxygens (including phenoxy) is 1. The number of nitrogens with two attached hydrogens (primary N) is 1. The molecule has 1 amide bonds. The van der Waals surface area contributed by atoms with Gasteiger partial charge in [0.05, 0.1) is 6.61 Å². The summed E-state index contributed by atoms with van der Waals surface area (Å²) in [5, 5.41) is 0. The molecule has 2 N–H and O–H groups in total. The number of amides is 1. The van der Waals surface area contributed by atoms with E-state index in [1.54, 1.807) is 4.90 Å². The van der Waals surface area contributed by atoms with Crippen LogP contribution >= 0.6 is 0 Å². The molecule has 110 valence electrons. The van der Waals surface area contributed by atoms with E-state index in [1.807, 2.05) is 6.92 Å². The van der Waals surface area contributed by atoms with Gasteiger partial charge < -0.3 is 20.3 Å². The number of carbonyl (C=O) groups is 1. The minimum Gasteiger partial charge on any atom is -0.450 e. The van der Waals surface area contributed by atoms with Crippen LogP contribution in [0.2, 0.25) is 0 Å². The van der Waals surface area contributed by atoms with E-state index < -0.39 is 0 Å². The first-order chi connectivity index (χ1) is 9.65. The van der Waals surface area contributed by atoms with Gasteiger partial charge in [0.2, 0.25) is 0 Å². The third-order valence-electron chi connectivity index (χ3n) is 3.61. The van der Waals surface area contributed by atoms with E-state index in [9.17, 15) is 4.79 Å². The van der Waals surface area contributed by atoms with Gasteiger partial charge in [-0.15, -0.1) is 0 Å². The van der Waals surface area contributed by atoms with Crippen LogP contribution in [0.25, 0.3) is 0 Å². The number of rotatable bonds is 3. The fourth-order valence-electron chi connectivity index (χ4n) is 2.49. The molecule has 1 heterocycles. The summed E-state index contributed by atoms with van der Waals surface area (Å²) in [6.07, 6.45) is -0.213. The quantitative estimate of drug-likeness (QED) is 0.914. The van der Waals surface area contributed by atoms with Gasteiger partial charge >= 0.3 is 6.09 Å². The number of aryl methyl sites for hydroxylation is 1. The Labute approximate surface area is 120 Å². The van der Waals surface area contributed by atoms with Gasteiger partial charge in [0.1, 0.15) is 0 Å². The normalized spacial score (nSPS) is 15.3. The van der Waals surface area contributed by atoms with E-state index in [0.29, 0.717) is 26.2 Å². The topological polar surface area (TPSA) is 58.8 Å². The standard InChI is InChI=1S/C15H23N3O2/c1-3-20-15(19)18-8-6-17(7-9-18)14-10-12(2)4-5-13(14)11-16/h4-5,10H,3,6-9,11,16H2,1-2H3. The van der Waals surface area contributed by atoms with Crippen LogP contribution in [-0.4, -0.2) is 43.8 Å². The van der Waals surface area contributed by atoms with Gasteiger partial charge in [-0.1, -0.05) is 12.1 Å². The van der Waals surface area contributed by atoms with Crippen molar-refractivity contribution in [1.29, 1.82) is 0 Å². The van der Waals surface area contributed by atoms with Crippen LogP contribution in [0, 0.1) is 6.92 Å². The molecule has 0 aliphatic carbocycles. The number of nitrogens with zero attached hydrogens (tertiary/aromatic N) is 2. The Balaban J connectivity index is 2.03. The zero-order valence-electron chi connectivity index (χ0n) is 12.3. The number of hydrogen-bond acceptors (Lipinski definition) is 4. The van der Waals surface area contributed by atoms with Crippen molar-refractivity contribution in [3.8, 4) is 0 Å². The van der Waals surface area contributed by atoms with Crippen LogP contribution in [0.3, 0.4) is 0 Å². The first-order valence-corrected chi connectivity index (χ1v) is 7.12. The molecule has 1 aliphatic rings. The van der Waals surface area contributed by atoms with E-state index in [-0.39, 0.29) is 6.09 Å². The number of benzene rings is 1. The molecule has 2 rings (SSSR count). The van der Waals surface area contributed by atoms with Gasteiger partial charge in [0.25, 0.3) is 0 Å². The Bertz CT molecular complexity index is 468. The van der Waals surface area contributed by atoms with Crippen molar-refractivity contribution >= 4 is 11.8 Å². The number of carbonyl (C=O) groups excluding carboxylic acids is 1. The lowest BCUT2D eigenvalue weighted by Gasteiger charge is -2.36. The summed E-state index contributed by atoms with van der Waals surface area (Å²) < 4.78 is 5.03. The number of anilines is 1. The van der Waals surface area contributed by atoms with Crippen LogP contribution < -0.4 is 10.6 Å². The Kier molecular flexibility index (Phi) is 4.84. The van der Waals surface area contributed by atoms with Gasteiger partial charge in [0.15, 0.2) is 0 Å². The van der Waals surface area contributed by atoms with E-state index >= 15 is 0 Å². The molecule has 0 bridgehead atoms. The summed E-state index contributed by atoms with van der Waals surface area (Å²) >= 11 is 0. The Morgan fingerprint density at radius 3 is 2.60 bits per heavy atom. The van der Waals surface area contributed by atoms with Crippen LogP contribution in [0.5, 0.6) is 0 Å². The van der Waals surface area contributed by atoms with Crippen molar-refractivity contribution in [3.05, 3.63) is 29.3 Å². The van der Waals surface area contributed by atoms with E-state index in [2.05, 4.69) is 30.0 Å². The molecule has 5 nitrogen and oxygen atoms in total. The predicted molar refractivity (Wildman–Crippen MR) is 79.9 cm³/mol. The SMILES string of the molecule is CCOC(=O)N1CCN(c2cc(C)ccc2CN)CC1. The molecule has 1 aromatic rings. The maximum absolute atomic E-state index is 11.7. The van der Waals surface area contributed by atoms with Gasteiger partial charge in [-0.25, -0.2) is 4.79 Å². The summed E-state index contributed by atoms with van der Waals surface area (Å²) in [6, 6.07) is 6.34. The summed E-state index contributed by atoms with van der Waals surface area (Å²) in [6.45, 7) is 7.88. The highest BCUT2D eigenvalue weighted by Crippen LogP contribution is 2.23. The largest absolute Gasteiger partial charge is 0.450 e. The highest BCUT2D eigenvalue weighted by atomic mass is 16.6. The molecule has 20 heavy (non-hydrogen) atoms. The minimum absolute atomic E-state index is 0.213. The van der Waals surface area contributed by atoms with Crippen molar-refractivity contribution in [1.82, 2.24) is 4.90 Å². The van der Waals surface area contributed by atoms with E-state index in [4.69, 9.17) is 10.5 Å². The molecule has 0 spiro atoms. The van der Waals surface area contributed by atoms with Gasteiger partial charge in [-0.3, -0.25) is 0 Å². The Hall–Kier alpha value is -1.75. The van der Waals surface area contributed by atoms with Crippen LogP contribution in [0.15, 0.2) is 18.2 Å². The fourth-order valence-corrected chi connectivity index (χ4v) is 2.49. The molecule has 1 saturated heterocycles. The Morgan fingerprint density at radius 2 is 2.00 bits per heavy atom. The van der Waals surface area contributed by atoms with Crippen molar-refractivity contribution in [3.63, 3.8) is 0 Å². The lowest BCUT2D eigenvalue weighted by molar-refractivity contribution is 0.105.